The van der Waals surface area contributed by atoms with Crippen molar-refractivity contribution in [1.82, 2.24) is 10.6 Å². The molecule has 1 amide bonds. The Morgan fingerprint density at radius 3 is 2.87 bits per heavy atom. The van der Waals surface area contributed by atoms with Gasteiger partial charge in [0.1, 0.15) is 0 Å². The van der Waals surface area contributed by atoms with Gasteiger partial charge in [-0.2, -0.15) is 0 Å². The van der Waals surface area contributed by atoms with Gasteiger partial charge in [-0.05, 0) is 32.4 Å². The summed E-state index contributed by atoms with van der Waals surface area (Å²) >= 11 is 1.81. The van der Waals surface area contributed by atoms with E-state index in [1.807, 2.05) is 11.8 Å². The zero-order valence-electron chi connectivity index (χ0n) is 9.55. The highest BCUT2D eigenvalue weighted by atomic mass is 32.2. The van der Waals surface area contributed by atoms with Crippen LogP contribution in [-0.4, -0.2) is 36.5 Å². The molecule has 0 spiro atoms. The van der Waals surface area contributed by atoms with Gasteiger partial charge in [-0.1, -0.05) is 13.3 Å². The predicted molar refractivity (Wildman–Crippen MR) is 66.3 cm³/mol. The third-order valence-corrected chi connectivity index (χ3v) is 3.96. The highest BCUT2D eigenvalue weighted by Crippen LogP contribution is 2.19. The van der Waals surface area contributed by atoms with Crippen LogP contribution in [0.1, 0.15) is 32.6 Å². The van der Waals surface area contributed by atoms with Crippen molar-refractivity contribution >= 4 is 17.7 Å². The highest BCUT2D eigenvalue weighted by Gasteiger charge is 2.14. The number of hydrogen-bond donors (Lipinski definition) is 2. The number of thioether (sulfide) groups is 1. The van der Waals surface area contributed by atoms with E-state index in [2.05, 4.69) is 17.6 Å². The van der Waals surface area contributed by atoms with Crippen molar-refractivity contribution in [3.63, 3.8) is 0 Å². The topological polar surface area (TPSA) is 41.1 Å². The van der Waals surface area contributed by atoms with Crippen LogP contribution in [0.25, 0.3) is 0 Å². The minimum Gasteiger partial charge on any atom is -0.355 e. The van der Waals surface area contributed by atoms with Crippen LogP contribution in [0.3, 0.4) is 0 Å². The van der Waals surface area contributed by atoms with Crippen molar-refractivity contribution in [3.05, 3.63) is 0 Å². The molecule has 0 aromatic rings. The van der Waals surface area contributed by atoms with E-state index in [4.69, 9.17) is 0 Å². The molecule has 1 aliphatic rings. The lowest BCUT2D eigenvalue weighted by Crippen LogP contribution is -2.31. The second-order valence-electron chi connectivity index (χ2n) is 3.96. The Bertz CT molecular complexity index is 181. The molecule has 3 nitrogen and oxygen atoms in total. The molecule has 0 saturated carbocycles. The molecule has 0 aromatic carbocycles. The van der Waals surface area contributed by atoms with Gasteiger partial charge >= 0.3 is 0 Å². The monoisotopic (exact) mass is 230 g/mol. The van der Waals surface area contributed by atoms with Crippen LogP contribution in [0.4, 0.5) is 0 Å². The number of amides is 1. The fourth-order valence-corrected chi connectivity index (χ4v) is 2.67. The molecule has 0 bridgehead atoms. The summed E-state index contributed by atoms with van der Waals surface area (Å²) in [6.45, 7) is 5.18. The molecular weight excluding hydrogens is 208 g/mol. The summed E-state index contributed by atoms with van der Waals surface area (Å²) in [6, 6.07) is 0. The molecule has 0 atom stereocenters. The Labute approximate surface area is 96.8 Å². The van der Waals surface area contributed by atoms with Crippen LogP contribution in [0.5, 0.6) is 0 Å². The lowest BCUT2D eigenvalue weighted by atomic mass is 10.2. The van der Waals surface area contributed by atoms with E-state index in [-0.39, 0.29) is 5.91 Å². The van der Waals surface area contributed by atoms with Gasteiger partial charge in [-0.15, -0.1) is 11.8 Å². The molecule has 1 saturated heterocycles. The molecule has 1 rings (SSSR count). The van der Waals surface area contributed by atoms with Gasteiger partial charge in [0.25, 0.3) is 0 Å². The molecule has 1 heterocycles. The molecule has 0 aliphatic carbocycles. The standard InChI is InChI=1S/C11H22N2OS/c1-2-3-6-13-11(14)9-15-10-4-7-12-8-5-10/h10,12H,2-9H2,1H3,(H,13,14). The summed E-state index contributed by atoms with van der Waals surface area (Å²) in [6.07, 6.45) is 4.63. The number of carbonyl (C=O) groups excluding carboxylic acids is 1. The van der Waals surface area contributed by atoms with E-state index in [1.165, 1.54) is 12.8 Å². The molecule has 15 heavy (non-hydrogen) atoms. The van der Waals surface area contributed by atoms with E-state index in [0.29, 0.717) is 11.0 Å². The predicted octanol–water partition coefficient (Wildman–Crippen LogP) is 1.39. The third-order valence-electron chi connectivity index (χ3n) is 2.59. The molecule has 4 heteroatoms. The molecule has 0 unspecified atom stereocenters. The van der Waals surface area contributed by atoms with Crippen molar-refractivity contribution < 1.29 is 4.79 Å². The third kappa shape index (κ3) is 6.05. The van der Waals surface area contributed by atoms with E-state index < -0.39 is 0 Å². The number of carbonyl (C=O) groups is 1. The van der Waals surface area contributed by atoms with Crippen molar-refractivity contribution in [2.24, 2.45) is 0 Å². The maximum atomic E-state index is 11.4. The summed E-state index contributed by atoms with van der Waals surface area (Å²) in [5, 5.41) is 6.96. The Kier molecular flexibility index (Phi) is 6.85. The highest BCUT2D eigenvalue weighted by molar-refractivity contribution is 8.00. The summed E-state index contributed by atoms with van der Waals surface area (Å²) in [5.41, 5.74) is 0. The van der Waals surface area contributed by atoms with Crippen molar-refractivity contribution in [2.75, 3.05) is 25.4 Å². The smallest absolute Gasteiger partial charge is 0.230 e. The van der Waals surface area contributed by atoms with Gasteiger partial charge in [-0.3, -0.25) is 4.79 Å². The number of piperidine rings is 1. The lowest BCUT2D eigenvalue weighted by molar-refractivity contribution is -0.118. The second-order valence-corrected chi connectivity index (χ2v) is 5.25. The first-order valence-corrected chi connectivity index (χ1v) is 6.97. The van der Waals surface area contributed by atoms with E-state index in [9.17, 15) is 4.79 Å². The molecule has 1 fully saturated rings. The fraction of sp³-hybridized carbons (Fsp3) is 0.909. The Morgan fingerprint density at radius 2 is 2.20 bits per heavy atom. The number of rotatable bonds is 6. The van der Waals surface area contributed by atoms with Gasteiger partial charge in [-0.25, -0.2) is 0 Å². The normalized spacial score (nSPS) is 17.7. The molecule has 88 valence electrons. The molecular formula is C11H22N2OS. The Morgan fingerprint density at radius 1 is 1.47 bits per heavy atom. The largest absolute Gasteiger partial charge is 0.355 e. The van der Waals surface area contributed by atoms with Crippen LogP contribution in [0.15, 0.2) is 0 Å². The first-order chi connectivity index (χ1) is 7.33. The van der Waals surface area contributed by atoms with E-state index in [0.717, 1.165) is 32.5 Å². The molecule has 0 radical (unpaired) electrons. The van der Waals surface area contributed by atoms with Gasteiger partial charge < -0.3 is 10.6 Å². The van der Waals surface area contributed by atoms with Gasteiger partial charge in [0.15, 0.2) is 0 Å². The Hall–Kier alpha value is -0.220. The van der Waals surface area contributed by atoms with E-state index in [1.54, 1.807) is 0 Å². The van der Waals surface area contributed by atoms with Crippen LogP contribution in [-0.2, 0) is 4.79 Å². The summed E-state index contributed by atoms with van der Waals surface area (Å²) in [5.74, 6) is 0.834. The molecule has 0 aromatic heterocycles. The fourth-order valence-electron chi connectivity index (χ4n) is 1.61. The van der Waals surface area contributed by atoms with Crippen molar-refractivity contribution in [2.45, 2.75) is 37.9 Å². The van der Waals surface area contributed by atoms with Crippen molar-refractivity contribution in [1.29, 1.82) is 0 Å². The number of nitrogens with one attached hydrogen (secondary N) is 2. The second kappa shape index (κ2) is 7.99. The average molecular weight is 230 g/mol. The van der Waals surface area contributed by atoms with Crippen molar-refractivity contribution in [3.8, 4) is 0 Å². The maximum absolute atomic E-state index is 11.4. The van der Waals surface area contributed by atoms with Crippen LogP contribution in [0.2, 0.25) is 0 Å². The number of unbranched alkanes of at least 4 members (excludes halogenated alkanes) is 1. The van der Waals surface area contributed by atoms with Crippen LogP contribution >= 0.6 is 11.8 Å². The first-order valence-electron chi connectivity index (χ1n) is 5.92. The minimum absolute atomic E-state index is 0.201. The molecule has 1 aliphatic heterocycles. The molecule has 2 N–H and O–H groups in total. The van der Waals surface area contributed by atoms with Gasteiger partial charge in [0.2, 0.25) is 5.91 Å². The number of hydrogen-bond acceptors (Lipinski definition) is 3. The SMILES string of the molecule is CCCCNC(=O)CSC1CCNCC1. The average Bonchev–Trinajstić information content (AvgIpc) is 2.28. The van der Waals surface area contributed by atoms with Crippen LogP contribution in [0, 0.1) is 0 Å². The first kappa shape index (κ1) is 12.8. The lowest BCUT2D eigenvalue weighted by Gasteiger charge is -2.21. The van der Waals surface area contributed by atoms with Crippen LogP contribution < -0.4 is 10.6 Å². The summed E-state index contributed by atoms with van der Waals surface area (Å²) < 4.78 is 0. The summed E-state index contributed by atoms with van der Waals surface area (Å²) in [4.78, 5) is 11.4. The van der Waals surface area contributed by atoms with Gasteiger partial charge in [0.05, 0.1) is 5.75 Å². The zero-order valence-corrected chi connectivity index (χ0v) is 10.4. The van der Waals surface area contributed by atoms with Gasteiger partial charge in [0, 0.05) is 11.8 Å². The quantitative estimate of drug-likeness (QED) is 0.678. The van der Waals surface area contributed by atoms with E-state index >= 15 is 0 Å². The zero-order chi connectivity index (χ0) is 10.9. The summed E-state index contributed by atoms with van der Waals surface area (Å²) in [7, 11) is 0. The minimum atomic E-state index is 0.201. The Balaban J connectivity index is 2.00. The maximum Gasteiger partial charge on any atom is 0.230 e.